The van der Waals surface area contributed by atoms with E-state index in [1.54, 1.807) is 7.11 Å². The van der Waals surface area contributed by atoms with Crippen LogP contribution in [0.5, 0.6) is 5.75 Å². The van der Waals surface area contributed by atoms with Crippen molar-refractivity contribution >= 4 is 11.6 Å². The Balaban J connectivity index is 1.84. The van der Waals surface area contributed by atoms with Crippen molar-refractivity contribution in [3.63, 3.8) is 0 Å². The van der Waals surface area contributed by atoms with Gasteiger partial charge in [0.2, 0.25) is 0 Å². The highest BCUT2D eigenvalue weighted by Gasteiger charge is 2.37. The molecule has 0 aliphatic carbocycles. The number of aryl methyl sites for hydroxylation is 1. The number of nitrogens with one attached hydrogen (secondary N) is 1. The van der Waals surface area contributed by atoms with Crippen LogP contribution in [0.25, 0.3) is 0 Å². The zero-order valence-electron chi connectivity index (χ0n) is 13.9. The molecule has 2 aromatic carbocycles. The number of nitrogens with zero attached hydrogens (tertiary/aromatic N) is 1. The van der Waals surface area contributed by atoms with E-state index < -0.39 is 0 Å². The van der Waals surface area contributed by atoms with Crippen molar-refractivity contribution in [2.24, 2.45) is 5.73 Å². The number of ether oxygens (including phenoxy) is 1. The highest BCUT2D eigenvalue weighted by molar-refractivity contribution is 6.03. The second-order valence-corrected chi connectivity index (χ2v) is 6.43. The molecular weight excluding hydrogens is 302 g/mol. The first-order valence-corrected chi connectivity index (χ1v) is 8.20. The number of hydrogen-bond donors (Lipinski definition) is 2. The summed E-state index contributed by atoms with van der Waals surface area (Å²) < 4.78 is 5.29. The van der Waals surface area contributed by atoms with Crippen LogP contribution in [0.4, 0.5) is 5.69 Å². The van der Waals surface area contributed by atoms with Gasteiger partial charge in [-0.05, 0) is 48.2 Å². The normalized spacial score (nSPS) is 22.0. The lowest BCUT2D eigenvalue weighted by molar-refractivity contribution is 0.0925. The molecule has 2 heterocycles. The first-order chi connectivity index (χ1) is 11.6. The number of amides is 1. The predicted molar refractivity (Wildman–Crippen MR) is 93.3 cm³/mol. The number of benzene rings is 2. The van der Waals surface area contributed by atoms with E-state index >= 15 is 0 Å². The van der Waals surface area contributed by atoms with E-state index in [1.165, 1.54) is 0 Å². The van der Waals surface area contributed by atoms with E-state index in [0.29, 0.717) is 5.56 Å². The van der Waals surface area contributed by atoms with E-state index in [-0.39, 0.29) is 18.1 Å². The van der Waals surface area contributed by atoms with Crippen LogP contribution in [0, 0.1) is 6.92 Å². The van der Waals surface area contributed by atoms with Crippen LogP contribution in [-0.4, -0.2) is 19.6 Å². The summed E-state index contributed by atoms with van der Waals surface area (Å²) in [7, 11) is 1.66. The van der Waals surface area contributed by atoms with Gasteiger partial charge in [0.15, 0.2) is 0 Å². The van der Waals surface area contributed by atoms with Crippen LogP contribution in [0.2, 0.25) is 0 Å². The number of nitrogens with two attached hydrogens (primary N) is 1. The number of carbonyl (C=O) groups is 1. The summed E-state index contributed by atoms with van der Waals surface area (Å²) in [6.07, 6.45) is 0.697. The van der Waals surface area contributed by atoms with Gasteiger partial charge in [0.25, 0.3) is 5.91 Å². The molecular formula is C19H21N3O2. The van der Waals surface area contributed by atoms with Crippen LogP contribution in [-0.2, 0) is 0 Å². The average Bonchev–Trinajstić information content (AvgIpc) is 2.60. The van der Waals surface area contributed by atoms with Gasteiger partial charge in [-0.3, -0.25) is 4.79 Å². The Morgan fingerprint density at radius 1 is 1.25 bits per heavy atom. The maximum atomic E-state index is 12.6. The van der Waals surface area contributed by atoms with Crippen molar-refractivity contribution in [2.45, 2.75) is 25.6 Å². The standard InChI is InChI=1S/C19H21N3O2/c1-11-10-12(24-2)6-7-13(11)18-21-19(23)15-5-3-4-14-16(20)8-9-22(18)17(14)15/h3-7,10,16,18H,8-9,20H2,1-2H3,(H,21,23)/t16-,18-/m0/s1. The maximum Gasteiger partial charge on any atom is 0.255 e. The highest BCUT2D eigenvalue weighted by atomic mass is 16.5. The summed E-state index contributed by atoms with van der Waals surface area (Å²) in [4.78, 5) is 14.9. The molecule has 0 saturated heterocycles. The third-order valence-corrected chi connectivity index (χ3v) is 5.03. The first-order valence-electron chi connectivity index (χ1n) is 8.20. The molecule has 124 valence electrons. The lowest BCUT2D eigenvalue weighted by atomic mass is 9.90. The summed E-state index contributed by atoms with van der Waals surface area (Å²) in [5.41, 5.74) is 11.2. The van der Waals surface area contributed by atoms with E-state index in [0.717, 1.165) is 41.1 Å². The Morgan fingerprint density at radius 3 is 2.83 bits per heavy atom. The Kier molecular flexibility index (Phi) is 3.46. The zero-order valence-corrected chi connectivity index (χ0v) is 13.9. The quantitative estimate of drug-likeness (QED) is 0.891. The van der Waals surface area contributed by atoms with Crippen LogP contribution < -0.4 is 20.7 Å². The predicted octanol–water partition coefficient (Wildman–Crippen LogP) is 2.66. The van der Waals surface area contributed by atoms with E-state index in [9.17, 15) is 4.79 Å². The minimum Gasteiger partial charge on any atom is -0.497 e. The fourth-order valence-electron chi connectivity index (χ4n) is 3.78. The van der Waals surface area contributed by atoms with Gasteiger partial charge in [0.1, 0.15) is 11.9 Å². The second kappa shape index (κ2) is 5.53. The maximum absolute atomic E-state index is 12.6. The molecule has 5 heteroatoms. The minimum absolute atomic E-state index is 0.0142. The first kappa shape index (κ1) is 15.0. The Hall–Kier alpha value is -2.53. The molecule has 2 aliphatic heterocycles. The van der Waals surface area contributed by atoms with Gasteiger partial charge in [-0.2, -0.15) is 0 Å². The van der Waals surface area contributed by atoms with Gasteiger partial charge in [0, 0.05) is 12.6 Å². The SMILES string of the molecule is COc1ccc([C@H]2NC(=O)c3cccc4c3N2CC[C@@H]4N)c(C)c1. The van der Waals surface area contributed by atoms with Gasteiger partial charge in [-0.15, -0.1) is 0 Å². The summed E-state index contributed by atoms with van der Waals surface area (Å²) in [5, 5.41) is 3.15. The number of carbonyl (C=O) groups excluding carboxylic acids is 1. The van der Waals surface area contributed by atoms with Gasteiger partial charge >= 0.3 is 0 Å². The van der Waals surface area contributed by atoms with Crippen LogP contribution in [0.1, 0.15) is 45.7 Å². The number of rotatable bonds is 2. The molecule has 0 radical (unpaired) electrons. The zero-order chi connectivity index (χ0) is 16.8. The van der Waals surface area contributed by atoms with Crippen molar-refractivity contribution in [3.05, 3.63) is 58.7 Å². The third kappa shape index (κ3) is 2.16. The highest BCUT2D eigenvalue weighted by Crippen LogP contribution is 2.42. The molecule has 5 nitrogen and oxygen atoms in total. The minimum atomic E-state index is -0.176. The molecule has 2 aliphatic rings. The van der Waals surface area contributed by atoms with Crippen molar-refractivity contribution < 1.29 is 9.53 Å². The molecule has 24 heavy (non-hydrogen) atoms. The Morgan fingerprint density at radius 2 is 2.08 bits per heavy atom. The summed E-state index contributed by atoms with van der Waals surface area (Å²) in [6.45, 7) is 2.86. The number of para-hydroxylation sites is 1. The number of hydrogen-bond acceptors (Lipinski definition) is 4. The van der Waals surface area contributed by atoms with E-state index in [1.807, 2.05) is 43.3 Å². The molecule has 4 rings (SSSR count). The van der Waals surface area contributed by atoms with Crippen LogP contribution in [0.3, 0.4) is 0 Å². The van der Waals surface area contributed by atoms with Crippen molar-refractivity contribution in [1.82, 2.24) is 5.32 Å². The van der Waals surface area contributed by atoms with Crippen molar-refractivity contribution in [3.8, 4) is 5.75 Å². The van der Waals surface area contributed by atoms with Gasteiger partial charge in [-0.25, -0.2) is 0 Å². The molecule has 0 bridgehead atoms. The van der Waals surface area contributed by atoms with Gasteiger partial charge in [-0.1, -0.05) is 18.2 Å². The van der Waals surface area contributed by atoms with E-state index in [2.05, 4.69) is 10.2 Å². The largest absolute Gasteiger partial charge is 0.497 e. The fraction of sp³-hybridized carbons (Fsp3) is 0.316. The Bertz CT molecular complexity index is 818. The lowest BCUT2D eigenvalue weighted by Crippen LogP contribution is -2.50. The second-order valence-electron chi connectivity index (χ2n) is 6.43. The van der Waals surface area contributed by atoms with Gasteiger partial charge in [0.05, 0.1) is 18.4 Å². The molecule has 0 saturated carbocycles. The molecule has 2 aromatic rings. The Labute approximate surface area is 141 Å². The molecule has 2 atom stereocenters. The average molecular weight is 323 g/mol. The monoisotopic (exact) mass is 323 g/mol. The summed E-state index contributed by atoms with van der Waals surface area (Å²) in [5.74, 6) is 0.776. The van der Waals surface area contributed by atoms with Crippen molar-refractivity contribution in [2.75, 3.05) is 18.6 Å². The number of methoxy groups -OCH3 is 1. The third-order valence-electron chi connectivity index (χ3n) is 5.03. The number of anilines is 1. The van der Waals surface area contributed by atoms with Crippen molar-refractivity contribution in [1.29, 1.82) is 0 Å². The smallest absolute Gasteiger partial charge is 0.255 e. The lowest BCUT2D eigenvalue weighted by Gasteiger charge is -2.44. The summed E-state index contributed by atoms with van der Waals surface area (Å²) >= 11 is 0. The summed E-state index contributed by atoms with van der Waals surface area (Å²) in [6, 6.07) is 11.8. The molecule has 3 N–H and O–H groups in total. The van der Waals surface area contributed by atoms with Gasteiger partial charge < -0.3 is 20.7 Å². The molecule has 0 aromatic heterocycles. The van der Waals surface area contributed by atoms with E-state index in [4.69, 9.17) is 10.5 Å². The molecule has 0 spiro atoms. The van der Waals surface area contributed by atoms with Crippen LogP contribution >= 0.6 is 0 Å². The molecule has 1 amide bonds. The topological polar surface area (TPSA) is 67.6 Å². The molecule has 0 unspecified atom stereocenters. The fourth-order valence-corrected chi connectivity index (χ4v) is 3.78. The molecule has 0 fully saturated rings. The van der Waals surface area contributed by atoms with Crippen LogP contribution in [0.15, 0.2) is 36.4 Å².